The quantitative estimate of drug-likeness (QED) is 0.298. The molecule has 0 aliphatic rings. The van der Waals surface area contributed by atoms with Crippen molar-refractivity contribution >= 4 is 11.6 Å². The first kappa shape index (κ1) is 20.0. The highest BCUT2D eigenvalue weighted by Crippen LogP contribution is 2.14. The number of benzene rings is 1. The number of hydrogen-bond donors (Lipinski definition) is 1. The van der Waals surface area contributed by atoms with Gasteiger partial charge in [-0.2, -0.15) is 0 Å². The molecule has 0 saturated heterocycles. The maximum atomic E-state index is 12.2. The molecule has 0 radical (unpaired) electrons. The van der Waals surface area contributed by atoms with Gasteiger partial charge in [0.25, 0.3) is 5.56 Å². The number of azide groups is 1. The van der Waals surface area contributed by atoms with Crippen LogP contribution in [0.2, 0.25) is 0 Å². The minimum absolute atomic E-state index is 0.0754. The largest absolute Gasteiger partial charge is 0.463 e. The SMILES string of the molecule is [N-]=[N+]=NCCCCn1ccc(NC(=O)Cc2cccc(OCF)c2)cc1=O. The molecule has 1 heterocycles. The molecular weight excluding hydrogens is 353 g/mol. The number of alkyl halides is 1. The number of amides is 1. The first-order valence-electron chi connectivity index (χ1n) is 8.41. The number of carbonyl (C=O) groups excluding carboxylic acids is 1. The van der Waals surface area contributed by atoms with Crippen molar-refractivity contribution in [3.05, 3.63) is 69.0 Å². The number of hydrogen-bond acceptors (Lipinski definition) is 4. The first-order chi connectivity index (χ1) is 13.1. The number of ether oxygens (including phenoxy) is 1. The van der Waals surface area contributed by atoms with Gasteiger partial charge in [-0.05, 0) is 42.1 Å². The van der Waals surface area contributed by atoms with Gasteiger partial charge in [-0.25, -0.2) is 4.39 Å². The molecule has 0 saturated carbocycles. The van der Waals surface area contributed by atoms with Gasteiger partial charge in [0.15, 0.2) is 0 Å². The molecule has 2 rings (SSSR count). The van der Waals surface area contributed by atoms with E-state index in [0.29, 0.717) is 42.9 Å². The van der Waals surface area contributed by atoms with Crippen molar-refractivity contribution in [2.45, 2.75) is 25.8 Å². The lowest BCUT2D eigenvalue weighted by atomic mass is 10.1. The van der Waals surface area contributed by atoms with E-state index in [1.807, 2.05) is 0 Å². The van der Waals surface area contributed by atoms with Crippen molar-refractivity contribution in [3.63, 3.8) is 0 Å². The summed E-state index contributed by atoms with van der Waals surface area (Å²) in [7, 11) is 0. The van der Waals surface area contributed by atoms with Crippen LogP contribution in [0.4, 0.5) is 10.1 Å². The summed E-state index contributed by atoms with van der Waals surface area (Å²) in [6.07, 6.45) is 3.09. The lowest BCUT2D eigenvalue weighted by Crippen LogP contribution is -2.21. The van der Waals surface area contributed by atoms with Crippen LogP contribution < -0.4 is 15.6 Å². The molecule has 0 unspecified atom stereocenters. The van der Waals surface area contributed by atoms with E-state index in [9.17, 15) is 14.0 Å². The third-order valence-electron chi connectivity index (χ3n) is 3.73. The van der Waals surface area contributed by atoms with Crippen molar-refractivity contribution in [1.29, 1.82) is 0 Å². The van der Waals surface area contributed by atoms with Gasteiger partial charge in [0.1, 0.15) is 5.75 Å². The Balaban J connectivity index is 1.90. The predicted molar refractivity (Wildman–Crippen MR) is 99.3 cm³/mol. The fourth-order valence-corrected chi connectivity index (χ4v) is 2.48. The van der Waals surface area contributed by atoms with E-state index in [2.05, 4.69) is 15.3 Å². The monoisotopic (exact) mass is 373 g/mol. The summed E-state index contributed by atoms with van der Waals surface area (Å²) in [5.74, 6) is 0.0600. The number of anilines is 1. The van der Waals surface area contributed by atoms with Crippen molar-refractivity contribution in [2.24, 2.45) is 5.11 Å². The van der Waals surface area contributed by atoms with E-state index in [1.54, 1.807) is 36.5 Å². The zero-order valence-electron chi connectivity index (χ0n) is 14.7. The maximum Gasteiger partial charge on any atom is 0.252 e. The molecule has 0 fully saturated rings. The van der Waals surface area contributed by atoms with Gasteiger partial charge < -0.3 is 14.6 Å². The number of nitrogens with zero attached hydrogens (tertiary/aromatic N) is 4. The van der Waals surface area contributed by atoms with Crippen LogP contribution in [0, 0.1) is 0 Å². The van der Waals surface area contributed by atoms with E-state index >= 15 is 0 Å². The topological polar surface area (TPSA) is 109 Å². The number of halogens is 1. The number of unbranched alkanes of at least 4 members (excludes halogenated alkanes) is 1. The smallest absolute Gasteiger partial charge is 0.252 e. The molecule has 2 aromatic rings. The summed E-state index contributed by atoms with van der Waals surface area (Å²) in [5, 5.41) is 6.11. The van der Waals surface area contributed by atoms with Gasteiger partial charge in [-0.3, -0.25) is 9.59 Å². The number of pyridine rings is 1. The molecule has 0 spiro atoms. The van der Waals surface area contributed by atoms with Gasteiger partial charge in [0, 0.05) is 36.0 Å². The van der Waals surface area contributed by atoms with Crippen LogP contribution in [0.25, 0.3) is 10.4 Å². The molecule has 0 aliphatic heterocycles. The Hall–Kier alpha value is -3.32. The van der Waals surface area contributed by atoms with E-state index in [0.717, 1.165) is 0 Å². The minimum Gasteiger partial charge on any atom is -0.463 e. The summed E-state index contributed by atoms with van der Waals surface area (Å²) in [6.45, 7) is -0.0240. The zero-order valence-corrected chi connectivity index (χ0v) is 14.7. The van der Waals surface area contributed by atoms with E-state index in [4.69, 9.17) is 10.3 Å². The Labute approximate surface area is 155 Å². The average molecular weight is 373 g/mol. The van der Waals surface area contributed by atoms with Gasteiger partial charge >= 0.3 is 0 Å². The number of aryl methyl sites for hydroxylation is 1. The molecule has 9 heteroatoms. The molecule has 1 aromatic heterocycles. The number of nitrogens with one attached hydrogen (secondary N) is 1. The number of aromatic nitrogens is 1. The van der Waals surface area contributed by atoms with Gasteiger partial charge in [0.05, 0.1) is 6.42 Å². The summed E-state index contributed by atoms with van der Waals surface area (Å²) >= 11 is 0. The zero-order chi connectivity index (χ0) is 19.5. The highest BCUT2D eigenvalue weighted by atomic mass is 19.1. The molecule has 142 valence electrons. The molecule has 27 heavy (non-hydrogen) atoms. The third-order valence-corrected chi connectivity index (χ3v) is 3.73. The standard InChI is InChI=1S/C18H20FN5O3/c19-13-27-16-5-3-4-14(10-16)11-17(25)22-15-6-9-24(18(26)12-15)8-2-1-7-21-23-20/h3-6,9-10,12H,1-2,7-8,11,13H2,(H,22,25). The summed E-state index contributed by atoms with van der Waals surface area (Å²) in [6, 6.07) is 9.61. The van der Waals surface area contributed by atoms with Crippen LogP contribution >= 0.6 is 0 Å². The normalized spacial score (nSPS) is 10.1. The number of rotatable bonds is 10. The Kier molecular flexibility index (Phi) is 7.87. The maximum absolute atomic E-state index is 12.2. The van der Waals surface area contributed by atoms with Gasteiger partial charge in [-0.15, -0.1) is 0 Å². The van der Waals surface area contributed by atoms with E-state index in [-0.39, 0.29) is 17.9 Å². The lowest BCUT2D eigenvalue weighted by Gasteiger charge is -2.09. The Morgan fingerprint density at radius 1 is 1.30 bits per heavy atom. The van der Waals surface area contributed by atoms with Crippen molar-refractivity contribution in [3.8, 4) is 5.75 Å². The molecule has 1 N–H and O–H groups in total. The fraction of sp³-hybridized carbons (Fsp3) is 0.333. The highest BCUT2D eigenvalue weighted by molar-refractivity contribution is 5.92. The molecular formula is C18H20FN5O3. The highest BCUT2D eigenvalue weighted by Gasteiger charge is 2.07. The van der Waals surface area contributed by atoms with Crippen molar-refractivity contribution in [1.82, 2.24) is 4.57 Å². The Bertz CT molecular complexity index is 877. The van der Waals surface area contributed by atoms with E-state index < -0.39 is 6.86 Å². The lowest BCUT2D eigenvalue weighted by molar-refractivity contribution is -0.115. The van der Waals surface area contributed by atoms with Gasteiger partial charge in [0.2, 0.25) is 12.8 Å². The van der Waals surface area contributed by atoms with Gasteiger partial charge in [-0.1, -0.05) is 17.2 Å². The van der Waals surface area contributed by atoms with E-state index in [1.165, 1.54) is 10.6 Å². The second-order valence-electron chi connectivity index (χ2n) is 5.73. The Morgan fingerprint density at radius 3 is 2.89 bits per heavy atom. The van der Waals surface area contributed by atoms with Crippen LogP contribution in [0.1, 0.15) is 18.4 Å². The minimum atomic E-state index is -0.933. The molecule has 0 aliphatic carbocycles. The van der Waals surface area contributed by atoms with Crippen molar-refractivity contribution in [2.75, 3.05) is 18.7 Å². The van der Waals surface area contributed by atoms with Crippen LogP contribution in [0.15, 0.2) is 52.5 Å². The summed E-state index contributed by atoms with van der Waals surface area (Å²) in [4.78, 5) is 26.9. The number of carbonyl (C=O) groups is 1. The van der Waals surface area contributed by atoms with Crippen LogP contribution in [-0.2, 0) is 17.8 Å². The average Bonchev–Trinajstić information content (AvgIpc) is 2.63. The van der Waals surface area contributed by atoms with Crippen LogP contribution in [0.3, 0.4) is 0 Å². The van der Waals surface area contributed by atoms with Crippen LogP contribution in [0.5, 0.6) is 5.75 Å². The molecule has 0 bridgehead atoms. The predicted octanol–water partition coefficient (Wildman–Crippen LogP) is 3.43. The summed E-state index contributed by atoms with van der Waals surface area (Å²) in [5.41, 5.74) is 9.06. The second kappa shape index (κ2) is 10.6. The summed E-state index contributed by atoms with van der Waals surface area (Å²) < 4.78 is 18.5. The van der Waals surface area contributed by atoms with Crippen molar-refractivity contribution < 1.29 is 13.9 Å². The molecule has 1 aromatic carbocycles. The third kappa shape index (κ3) is 6.83. The molecule has 0 atom stereocenters. The Morgan fingerprint density at radius 2 is 2.15 bits per heavy atom. The molecule has 8 nitrogen and oxygen atoms in total. The second-order valence-corrected chi connectivity index (χ2v) is 5.73. The van der Waals surface area contributed by atoms with Crippen LogP contribution in [-0.4, -0.2) is 23.9 Å². The fourth-order valence-electron chi connectivity index (χ4n) is 2.48. The molecule has 1 amide bonds. The first-order valence-corrected chi connectivity index (χ1v) is 8.41.